The summed E-state index contributed by atoms with van der Waals surface area (Å²) >= 11 is 0. The second-order valence-electron chi connectivity index (χ2n) is 4.47. The van der Waals surface area contributed by atoms with Crippen LogP contribution < -0.4 is 0 Å². The van der Waals surface area contributed by atoms with Gasteiger partial charge in [0.2, 0.25) is 0 Å². The van der Waals surface area contributed by atoms with Crippen LogP contribution in [0.25, 0.3) is 0 Å². The van der Waals surface area contributed by atoms with Crippen molar-refractivity contribution in [3.05, 3.63) is 34.6 Å². The maximum atomic E-state index is 13.7. The second kappa shape index (κ2) is 5.28. The van der Waals surface area contributed by atoms with Gasteiger partial charge in [0.25, 0.3) is 0 Å². The quantitative estimate of drug-likeness (QED) is 0.758. The van der Waals surface area contributed by atoms with Gasteiger partial charge < -0.3 is 9.47 Å². The summed E-state index contributed by atoms with van der Waals surface area (Å²) in [6.45, 7) is 3.98. The van der Waals surface area contributed by atoms with Crippen molar-refractivity contribution in [2.75, 3.05) is 13.2 Å². The van der Waals surface area contributed by atoms with Crippen molar-refractivity contribution in [2.24, 2.45) is 5.92 Å². The van der Waals surface area contributed by atoms with E-state index in [0.29, 0.717) is 13.2 Å². The molecule has 0 bridgehead atoms. The van der Waals surface area contributed by atoms with Gasteiger partial charge in [0.05, 0.1) is 13.2 Å². The van der Waals surface area contributed by atoms with Crippen molar-refractivity contribution >= 4 is 0 Å². The fourth-order valence-corrected chi connectivity index (χ4v) is 1.83. The van der Waals surface area contributed by atoms with E-state index in [-0.39, 0.29) is 17.0 Å². The molecule has 1 saturated heterocycles. The summed E-state index contributed by atoms with van der Waals surface area (Å²) in [5.74, 6) is -2.85. The normalized spacial score (nSPS) is 24.3. The van der Waals surface area contributed by atoms with Crippen LogP contribution >= 0.6 is 0 Å². The van der Waals surface area contributed by atoms with E-state index in [1.165, 1.54) is 6.92 Å². The van der Waals surface area contributed by atoms with Crippen LogP contribution in [0.5, 0.6) is 0 Å². The summed E-state index contributed by atoms with van der Waals surface area (Å²) in [5.41, 5.74) is -0.552. The average molecular weight is 260 g/mol. The van der Waals surface area contributed by atoms with Crippen LogP contribution in [0.15, 0.2) is 6.07 Å². The Balaban J connectivity index is 2.24. The lowest BCUT2D eigenvalue weighted by Gasteiger charge is -2.29. The molecule has 1 aromatic rings. The number of benzene rings is 1. The van der Waals surface area contributed by atoms with E-state index in [0.717, 1.165) is 12.5 Å². The highest BCUT2D eigenvalue weighted by atomic mass is 19.2. The number of rotatable bonds is 2. The summed E-state index contributed by atoms with van der Waals surface area (Å²) in [5, 5.41) is 0. The van der Waals surface area contributed by atoms with Gasteiger partial charge in [-0.1, -0.05) is 6.92 Å². The molecule has 2 rings (SSSR count). The highest BCUT2D eigenvalue weighted by molar-refractivity contribution is 5.28. The van der Waals surface area contributed by atoms with Crippen molar-refractivity contribution in [2.45, 2.75) is 26.6 Å². The molecule has 0 atom stereocenters. The van der Waals surface area contributed by atoms with E-state index >= 15 is 0 Å². The fraction of sp³-hybridized carbons (Fsp3) is 0.538. The molecular weight excluding hydrogens is 245 g/mol. The van der Waals surface area contributed by atoms with Crippen molar-refractivity contribution in [3.63, 3.8) is 0 Å². The topological polar surface area (TPSA) is 18.5 Å². The minimum atomic E-state index is -1.19. The zero-order valence-electron chi connectivity index (χ0n) is 10.3. The maximum Gasteiger partial charge on any atom is 0.186 e. The molecule has 0 aromatic heterocycles. The lowest BCUT2D eigenvalue weighted by atomic mass is 10.1. The number of halogens is 3. The molecule has 1 heterocycles. The first-order chi connectivity index (χ1) is 8.54. The standard InChI is InChI=1S/C13H15F3O2/c1-3-8-5-17-13(18-6-8)9-4-10(14)7(2)11(15)12(9)16/h4,8,13H,3,5-6H2,1-2H3. The molecule has 100 valence electrons. The molecule has 1 fully saturated rings. The third-order valence-corrected chi connectivity index (χ3v) is 3.21. The minimum absolute atomic E-state index is 0.217. The van der Waals surface area contributed by atoms with Crippen molar-refractivity contribution in [1.29, 1.82) is 0 Å². The Morgan fingerprint density at radius 2 is 1.78 bits per heavy atom. The van der Waals surface area contributed by atoms with Gasteiger partial charge in [-0.15, -0.1) is 0 Å². The number of ether oxygens (including phenoxy) is 2. The van der Waals surface area contributed by atoms with Gasteiger partial charge in [-0.2, -0.15) is 0 Å². The zero-order chi connectivity index (χ0) is 13.3. The van der Waals surface area contributed by atoms with Crippen LogP contribution in [-0.2, 0) is 9.47 Å². The molecule has 0 N–H and O–H groups in total. The Hall–Kier alpha value is -1.07. The third kappa shape index (κ3) is 2.37. The summed E-state index contributed by atoms with van der Waals surface area (Å²) in [6.07, 6.45) is -0.149. The second-order valence-corrected chi connectivity index (χ2v) is 4.47. The van der Waals surface area contributed by atoms with E-state index in [1.54, 1.807) is 0 Å². The zero-order valence-corrected chi connectivity index (χ0v) is 10.3. The molecule has 18 heavy (non-hydrogen) atoms. The predicted molar refractivity (Wildman–Crippen MR) is 59.5 cm³/mol. The van der Waals surface area contributed by atoms with Crippen molar-refractivity contribution in [1.82, 2.24) is 0 Å². The first-order valence-electron chi connectivity index (χ1n) is 5.91. The molecule has 2 nitrogen and oxygen atoms in total. The molecule has 5 heteroatoms. The van der Waals surface area contributed by atoms with Crippen LogP contribution in [0.2, 0.25) is 0 Å². The average Bonchev–Trinajstić information content (AvgIpc) is 2.41. The van der Waals surface area contributed by atoms with E-state index in [9.17, 15) is 13.2 Å². The van der Waals surface area contributed by atoms with E-state index in [1.807, 2.05) is 6.92 Å². The largest absolute Gasteiger partial charge is 0.348 e. The maximum absolute atomic E-state index is 13.7. The molecule has 0 unspecified atom stereocenters. The fourth-order valence-electron chi connectivity index (χ4n) is 1.83. The summed E-state index contributed by atoms with van der Waals surface area (Å²) in [6, 6.07) is 0.935. The minimum Gasteiger partial charge on any atom is -0.348 e. The Kier molecular flexibility index (Phi) is 3.92. The molecule has 0 aliphatic carbocycles. The van der Waals surface area contributed by atoms with Gasteiger partial charge in [0.15, 0.2) is 17.9 Å². The van der Waals surface area contributed by atoms with Gasteiger partial charge in [0, 0.05) is 17.0 Å². The van der Waals surface area contributed by atoms with Gasteiger partial charge in [-0.25, -0.2) is 13.2 Å². The smallest absolute Gasteiger partial charge is 0.186 e. The molecule has 1 aliphatic rings. The third-order valence-electron chi connectivity index (χ3n) is 3.21. The molecule has 0 radical (unpaired) electrons. The van der Waals surface area contributed by atoms with E-state index < -0.39 is 23.7 Å². The Bertz CT molecular complexity index is 440. The van der Waals surface area contributed by atoms with Crippen molar-refractivity contribution in [3.8, 4) is 0 Å². The van der Waals surface area contributed by atoms with Crippen LogP contribution in [0.1, 0.15) is 30.8 Å². The molecule has 0 saturated carbocycles. The number of hydrogen-bond acceptors (Lipinski definition) is 2. The van der Waals surface area contributed by atoms with Crippen molar-refractivity contribution < 1.29 is 22.6 Å². The highest BCUT2D eigenvalue weighted by Gasteiger charge is 2.28. The van der Waals surface area contributed by atoms with E-state index in [2.05, 4.69) is 0 Å². The molecule has 0 spiro atoms. The first-order valence-corrected chi connectivity index (χ1v) is 5.91. The van der Waals surface area contributed by atoms with Gasteiger partial charge >= 0.3 is 0 Å². The summed E-state index contributed by atoms with van der Waals surface area (Å²) < 4.78 is 51.1. The highest BCUT2D eigenvalue weighted by Crippen LogP contribution is 2.30. The lowest BCUT2D eigenvalue weighted by Crippen LogP contribution is -2.27. The molecule has 1 aromatic carbocycles. The van der Waals surface area contributed by atoms with Crippen LogP contribution in [0.3, 0.4) is 0 Å². The van der Waals surface area contributed by atoms with Gasteiger partial charge in [-0.3, -0.25) is 0 Å². The monoisotopic (exact) mass is 260 g/mol. The Labute approximate surface area is 104 Å². The molecule has 1 aliphatic heterocycles. The SMILES string of the molecule is CCC1COC(c2cc(F)c(C)c(F)c2F)OC1. The summed E-state index contributed by atoms with van der Waals surface area (Å²) in [4.78, 5) is 0. The lowest BCUT2D eigenvalue weighted by molar-refractivity contribution is -0.206. The Morgan fingerprint density at radius 3 is 2.33 bits per heavy atom. The van der Waals surface area contributed by atoms with Crippen LogP contribution in [0.4, 0.5) is 13.2 Å². The van der Waals surface area contributed by atoms with Crippen LogP contribution in [-0.4, -0.2) is 13.2 Å². The van der Waals surface area contributed by atoms with E-state index in [4.69, 9.17) is 9.47 Å². The molecule has 0 amide bonds. The number of hydrogen-bond donors (Lipinski definition) is 0. The first kappa shape index (κ1) is 13.4. The van der Waals surface area contributed by atoms with Gasteiger partial charge in [0.1, 0.15) is 5.82 Å². The summed E-state index contributed by atoms with van der Waals surface area (Å²) in [7, 11) is 0. The van der Waals surface area contributed by atoms with Crippen LogP contribution in [0, 0.1) is 30.3 Å². The van der Waals surface area contributed by atoms with Gasteiger partial charge in [-0.05, 0) is 19.4 Å². The molecular formula is C13H15F3O2. The predicted octanol–water partition coefficient (Wildman–Crippen LogP) is 3.48. The Morgan fingerprint density at radius 1 is 1.17 bits per heavy atom.